The van der Waals surface area contributed by atoms with Crippen molar-refractivity contribution >= 4 is 23.6 Å². The maximum Gasteiger partial charge on any atom is 0.328 e. The summed E-state index contributed by atoms with van der Waals surface area (Å²) in [5.74, 6) is -0.293. The smallest absolute Gasteiger partial charge is 0.328 e. The molecule has 0 saturated carbocycles. The summed E-state index contributed by atoms with van der Waals surface area (Å²) in [5, 5.41) is 11.4. The first-order chi connectivity index (χ1) is 10.0. The lowest BCUT2D eigenvalue weighted by Crippen LogP contribution is -2.36. The van der Waals surface area contributed by atoms with Gasteiger partial charge in [-0.1, -0.05) is 6.92 Å². The largest absolute Gasteiger partial charge is 0.490 e. The van der Waals surface area contributed by atoms with Gasteiger partial charge in [-0.2, -0.15) is 0 Å². The second-order valence-corrected chi connectivity index (χ2v) is 4.50. The van der Waals surface area contributed by atoms with Crippen LogP contribution in [0.1, 0.15) is 25.8 Å². The Morgan fingerprint density at radius 2 is 2.24 bits per heavy atom. The molecule has 0 saturated heterocycles. The van der Waals surface area contributed by atoms with Gasteiger partial charge in [-0.25, -0.2) is 4.79 Å². The molecule has 1 aliphatic heterocycles. The molecule has 1 aliphatic rings. The van der Waals surface area contributed by atoms with Crippen molar-refractivity contribution in [2.24, 2.45) is 0 Å². The molecule has 0 aliphatic carbocycles. The number of amides is 1. The fourth-order valence-corrected chi connectivity index (χ4v) is 2.04. The molecular formula is C15H17NO5. The quantitative estimate of drug-likeness (QED) is 0.813. The predicted octanol–water partition coefficient (Wildman–Crippen LogP) is 2.29. The average Bonchev–Trinajstić information content (AvgIpc) is 2.44. The number of ether oxygens (including phenoxy) is 2. The van der Waals surface area contributed by atoms with Gasteiger partial charge in [-0.05, 0) is 37.1 Å². The van der Waals surface area contributed by atoms with Crippen LogP contribution in [0, 0.1) is 0 Å². The molecular weight excluding hydrogens is 274 g/mol. The fraction of sp³-hybridized carbons (Fsp3) is 0.333. The van der Waals surface area contributed by atoms with Crippen LogP contribution in [0.4, 0.5) is 5.69 Å². The van der Waals surface area contributed by atoms with Gasteiger partial charge in [0, 0.05) is 6.08 Å². The zero-order chi connectivity index (χ0) is 15.4. The molecule has 1 unspecified atom stereocenters. The molecule has 0 bridgehead atoms. The Labute approximate surface area is 122 Å². The Hall–Kier alpha value is -2.50. The monoisotopic (exact) mass is 291 g/mol. The van der Waals surface area contributed by atoms with Gasteiger partial charge in [0.15, 0.2) is 17.6 Å². The van der Waals surface area contributed by atoms with Crippen molar-refractivity contribution in [2.45, 2.75) is 26.4 Å². The zero-order valence-corrected chi connectivity index (χ0v) is 11.9. The van der Waals surface area contributed by atoms with Crippen molar-refractivity contribution in [1.29, 1.82) is 0 Å². The molecule has 1 aromatic carbocycles. The highest BCUT2D eigenvalue weighted by molar-refractivity contribution is 5.99. The summed E-state index contributed by atoms with van der Waals surface area (Å²) >= 11 is 0. The number of nitrogens with one attached hydrogen (secondary N) is 1. The minimum Gasteiger partial charge on any atom is -0.490 e. The number of hydrogen-bond donors (Lipinski definition) is 2. The Morgan fingerprint density at radius 1 is 1.48 bits per heavy atom. The molecule has 0 aromatic heterocycles. The van der Waals surface area contributed by atoms with E-state index in [-0.39, 0.29) is 5.91 Å². The summed E-state index contributed by atoms with van der Waals surface area (Å²) in [7, 11) is 0. The number of carboxylic acid groups (broad SMARTS) is 1. The van der Waals surface area contributed by atoms with Crippen molar-refractivity contribution in [2.75, 3.05) is 11.9 Å². The molecule has 0 radical (unpaired) electrons. The third-order valence-corrected chi connectivity index (χ3v) is 2.98. The molecule has 2 rings (SSSR count). The summed E-state index contributed by atoms with van der Waals surface area (Å²) in [6.45, 7) is 4.14. The van der Waals surface area contributed by atoms with Crippen LogP contribution >= 0.6 is 0 Å². The van der Waals surface area contributed by atoms with E-state index in [2.05, 4.69) is 5.32 Å². The number of carboxylic acids is 1. The molecule has 6 nitrogen and oxygen atoms in total. The lowest BCUT2D eigenvalue weighted by Gasteiger charge is -2.27. The molecule has 1 aromatic rings. The molecule has 112 valence electrons. The Balaban J connectivity index is 2.43. The van der Waals surface area contributed by atoms with Crippen LogP contribution in [0.2, 0.25) is 0 Å². The van der Waals surface area contributed by atoms with E-state index in [1.54, 1.807) is 12.1 Å². The highest BCUT2D eigenvalue weighted by Crippen LogP contribution is 2.40. The second kappa shape index (κ2) is 6.30. The van der Waals surface area contributed by atoms with Gasteiger partial charge in [0.2, 0.25) is 0 Å². The lowest BCUT2D eigenvalue weighted by molar-refractivity contribution is -0.131. The summed E-state index contributed by atoms with van der Waals surface area (Å²) in [6, 6.07) is 3.34. The second-order valence-electron chi connectivity index (χ2n) is 4.50. The first-order valence-electron chi connectivity index (χ1n) is 6.74. The van der Waals surface area contributed by atoms with Gasteiger partial charge in [-0.15, -0.1) is 0 Å². The number of carbonyl (C=O) groups is 2. The normalized spacial score (nSPS) is 17.0. The molecule has 2 N–H and O–H groups in total. The third-order valence-electron chi connectivity index (χ3n) is 2.98. The highest BCUT2D eigenvalue weighted by atomic mass is 16.5. The maximum atomic E-state index is 11.8. The zero-order valence-electron chi connectivity index (χ0n) is 11.9. The number of rotatable bonds is 5. The van der Waals surface area contributed by atoms with E-state index in [9.17, 15) is 9.59 Å². The first kappa shape index (κ1) is 14.9. The standard InChI is InChI=1S/C15H17NO5/c1-3-11-15(19)16-10-7-9(5-6-13(17)18)8-12(20-4-2)14(10)21-11/h5-8,11H,3-4H2,1-2H3,(H,16,19)(H,17,18)/b6-5+. The Kier molecular flexibility index (Phi) is 4.47. The van der Waals surface area contributed by atoms with E-state index >= 15 is 0 Å². The van der Waals surface area contributed by atoms with Crippen LogP contribution in [0.15, 0.2) is 18.2 Å². The molecule has 1 atom stereocenters. The number of benzene rings is 1. The fourth-order valence-electron chi connectivity index (χ4n) is 2.04. The van der Waals surface area contributed by atoms with Crippen LogP contribution in [-0.4, -0.2) is 29.7 Å². The van der Waals surface area contributed by atoms with E-state index in [0.29, 0.717) is 35.8 Å². The summed E-state index contributed by atoms with van der Waals surface area (Å²) < 4.78 is 11.2. The van der Waals surface area contributed by atoms with Crippen LogP contribution in [0.25, 0.3) is 6.08 Å². The molecule has 1 amide bonds. The molecule has 0 fully saturated rings. The van der Waals surface area contributed by atoms with Gasteiger partial charge < -0.3 is 19.9 Å². The van der Waals surface area contributed by atoms with E-state index in [4.69, 9.17) is 14.6 Å². The summed E-state index contributed by atoms with van der Waals surface area (Å²) in [6.07, 6.45) is 2.47. The first-order valence-corrected chi connectivity index (χ1v) is 6.74. The molecule has 1 heterocycles. The number of carbonyl (C=O) groups excluding carboxylic acids is 1. The summed E-state index contributed by atoms with van der Waals surface area (Å²) in [5.41, 5.74) is 1.10. The topological polar surface area (TPSA) is 84.9 Å². The molecule has 6 heteroatoms. The molecule has 21 heavy (non-hydrogen) atoms. The van der Waals surface area contributed by atoms with E-state index in [0.717, 1.165) is 6.08 Å². The van der Waals surface area contributed by atoms with Crippen molar-refractivity contribution < 1.29 is 24.2 Å². The SMILES string of the molecule is CCOc1cc(/C=C/C(=O)O)cc2c1OC(CC)C(=O)N2. The van der Waals surface area contributed by atoms with E-state index < -0.39 is 12.1 Å². The van der Waals surface area contributed by atoms with E-state index in [1.165, 1.54) is 6.08 Å². The van der Waals surface area contributed by atoms with Crippen LogP contribution < -0.4 is 14.8 Å². The Morgan fingerprint density at radius 3 is 2.86 bits per heavy atom. The number of fused-ring (bicyclic) bond motifs is 1. The van der Waals surface area contributed by atoms with Crippen molar-refractivity contribution in [3.05, 3.63) is 23.8 Å². The van der Waals surface area contributed by atoms with Gasteiger partial charge in [0.25, 0.3) is 5.91 Å². The van der Waals surface area contributed by atoms with Gasteiger partial charge >= 0.3 is 5.97 Å². The van der Waals surface area contributed by atoms with Crippen molar-refractivity contribution in [3.8, 4) is 11.5 Å². The van der Waals surface area contributed by atoms with Crippen LogP contribution in [0.3, 0.4) is 0 Å². The van der Waals surface area contributed by atoms with Gasteiger partial charge in [-0.3, -0.25) is 4.79 Å². The maximum absolute atomic E-state index is 11.8. The number of aliphatic carboxylic acids is 1. The van der Waals surface area contributed by atoms with E-state index in [1.807, 2.05) is 13.8 Å². The van der Waals surface area contributed by atoms with Crippen molar-refractivity contribution in [1.82, 2.24) is 0 Å². The lowest BCUT2D eigenvalue weighted by atomic mass is 10.1. The van der Waals surface area contributed by atoms with Gasteiger partial charge in [0.1, 0.15) is 0 Å². The van der Waals surface area contributed by atoms with Gasteiger partial charge in [0.05, 0.1) is 12.3 Å². The van der Waals surface area contributed by atoms with Crippen LogP contribution in [0.5, 0.6) is 11.5 Å². The summed E-state index contributed by atoms with van der Waals surface area (Å²) in [4.78, 5) is 22.4. The average molecular weight is 291 g/mol. The highest BCUT2D eigenvalue weighted by Gasteiger charge is 2.28. The predicted molar refractivity (Wildman–Crippen MR) is 77.6 cm³/mol. The number of anilines is 1. The minimum atomic E-state index is -1.04. The third kappa shape index (κ3) is 3.34. The Bertz CT molecular complexity index is 594. The van der Waals surface area contributed by atoms with Crippen LogP contribution in [-0.2, 0) is 9.59 Å². The molecule has 0 spiro atoms. The minimum absolute atomic E-state index is 0.216. The van der Waals surface area contributed by atoms with Crippen molar-refractivity contribution in [3.63, 3.8) is 0 Å². The number of hydrogen-bond acceptors (Lipinski definition) is 4.